The van der Waals surface area contributed by atoms with Crippen molar-refractivity contribution in [1.29, 1.82) is 0 Å². The van der Waals surface area contributed by atoms with Crippen molar-refractivity contribution in [2.75, 3.05) is 26.2 Å². The molecule has 8 nitrogen and oxygen atoms in total. The Morgan fingerprint density at radius 2 is 1.97 bits per heavy atom. The molecule has 0 N–H and O–H groups in total. The van der Waals surface area contributed by atoms with Crippen molar-refractivity contribution in [2.45, 2.75) is 51.4 Å². The van der Waals surface area contributed by atoms with Crippen LogP contribution < -0.4 is 0 Å². The Labute approximate surface area is 186 Å². The number of halogens is 1. The lowest BCUT2D eigenvalue weighted by atomic mass is 10.0. The molecule has 3 atom stereocenters. The first kappa shape index (κ1) is 22.3. The van der Waals surface area contributed by atoms with Gasteiger partial charge in [-0.15, -0.1) is 0 Å². The highest BCUT2D eigenvalue weighted by atomic mass is 19.1. The zero-order valence-corrected chi connectivity index (χ0v) is 18.8. The van der Waals surface area contributed by atoms with Gasteiger partial charge in [0.2, 0.25) is 0 Å². The molecule has 0 aliphatic carbocycles. The van der Waals surface area contributed by atoms with Gasteiger partial charge in [-0.25, -0.2) is 19.0 Å². The Kier molecular flexibility index (Phi) is 5.94. The van der Waals surface area contributed by atoms with Crippen LogP contribution in [-0.2, 0) is 14.3 Å². The fourth-order valence-electron chi connectivity index (χ4n) is 4.29. The van der Waals surface area contributed by atoms with Gasteiger partial charge >= 0.3 is 12.1 Å². The number of amides is 1. The summed E-state index contributed by atoms with van der Waals surface area (Å²) in [6, 6.07) is 5.39. The van der Waals surface area contributed by atoms with Crippen molar-refractivity contribution in [3.63, 3.8) is 0 Å². The second-order valence-electron chi connectivity index (χ2n) is 9.30. The molecule has 0 bridgehead atoms. The number of piperazine rings is 1. The number of carbonyl (C=O) groups is 2. The third-order valence-corrected chi connectivity index (χ3v) is 5.90. The van der Waals surface area contributed by atoms with Crippen LogP contribution >= 0.6 is 0 Å². The summed E-state index contributed by atoms with van der Waals surface area (Å²) in [6.07, 6.45) is 2.99. The average Bonchev–Trinajstić information content (AvgIpc) is 3.21. The Morgan fingerprint density at radius 1 is 1.25 bits per heavy atom. The highest BCUT2D eigenvalue weighted by Crippen LogP contribution is 2.33. The zero-order valence-electron chi connectivity index (χ0n) is 18.8. The monoisotopic (exact) mass is 444 g/mol. The van der Waals surface area contributed by atoms with Crippen molar-refractivity contribution < 1.29 is 23.5 Å². The van der Waals surface area contributed by atoms with Crippen LogP contribution in [0.2, 0.25) is 0 Å². The minimum Gasteiger partial charge on any atom is -0.462 e. The molecule has 3 heterocycles. The van der Waals surface area contributed by atoms with Crippen LogP contribution in [0.25, 0.3) is 0 Å². The number of rotatable bonds is 3. The van der Waals surface area contributed by atoms with Gasteiger partial charge in [-0.1, -0.05) is 12.1 Å². The van der Waals surface area contributed by atoms with Crippen LogP contribution in [0.4, 0.5) is 9.18 Å². The number of ether oxygens (including phenoxy) is 2. The minimum atomic E-state index is -0.625. The molecule has 2 aliphatic rings. The van der Waals surface area contributed by atoms with E-state index >= 15 is 0 Å². The summed E-state index contributed by atoms with van der Waals surface area (Å²) in [7, 11) is 0. The number of carbonyl (C=O) groups excluding carboxylic acids is 2. The molecule has 2 fully saturated rings. The van der Waals surface area contributed by atoms with Gasteiger partial charge in [-0.05, 0) is 45.4 Å². The normalized spacial score (nSPS) is 22.8. The van der Waals surface area contributed by atoms with Gasteiger partial charge in [0.15, 0.2) is 6.04 Å². The third kappa shape index (κ3) is 4.48. The number of imidazole rings is 1. The summed E-state index contributed by atoms with van der Waals surface area (Å²) in [6.45, 7) is 9.09. The Hall–Kier alpha value is -2.94. The number of nitrogens with zero attached hydrogens (tertiary/aromatic N) is 4. The molecule has 1 amide bonds. The summed E-state index contributed by atoms with van der Waals surface area (Å²) in [5.74, 6) is -0.631. The molecular weight excluding hydrogens is 415 g/mol. The van der Waals surface area contributed by atoms with Gasteiger partial charge in [0.1, 0.15) is 18.0 Å². The van der Waals surface area contributed by atoms with Crippen LogP contribution in [0.15, 0.2) is 36.8 Å². The number of aromatic nitrogens is 2. The van der Waals surface area contributed by atoms with E-state index < -0.39 is 11.6 Å². The SMILES string of the molecule is C[C@H](c1ccc(F)cc1)n1cncc1C1C(=O)OCC2CN(C(=O)OC(C)(C)C)CCN21. The zero-order chi connectivity index (χ0) is 23.0. The third-order valence-electron chi connectivity index (χ3n) is 5.90. The maximum Gasteiger partial charge on any atom is 0.410 e. The van der Waals surface area contributed by atoms with Crippen molar-refractivity contribution in [3.05, 3.63) is 53.9 Å². The van der Waals surface area contributed by atoms with Crippen molar-refractivity contribution >= 4 is 12.1 Å². The summed E-state index contributed by atoms with van der Waals surface area (Å²) in [4.78, 5) is 33.4. The molecule has 1 aromatic carbocycles. The maximum absolute atomic E-state index is 13.4. The molecule has 2 unspecified atom stereocenters. The van der Waals surface area contributed by atoms with Gasteiger partial charge in [-0.3, -0.25) is 4.90 Å². The molecule has 2 saturated heterocycles. The van der Waals surface area contributed by atoms with Gasteiger partial charge in [-0.2, -0.15) is 0 Å². The molecule has 0 spiro atoms. The van der Waals surface area contributed by atoms with E-state index in [0.717, 1.165) is 5.56 Å². The maximum atomic E-state index is 13.4. The fourth-order valence-corrected chi connectivity index (χ4v) is 4.29. The minimum absolute atomic E-state index is 0.136. The number of hydrogen-bond acceptors (Lipinski definition) is 6. The number of hydrogen-bond donors (Lipinski definition) is 0. The smallest absolute Gasteiger partial charge is 0.410 e. The van der Waals surface area contributed by atoms with E-state index in [9.17, 15) is 14.0 Å². The van der Waals surface area contributed by atoms with Gasteiger partial charge in [0.05, 0.1) is 30.3 Å². The number of benzene rings is 1. The molecule has 2 aromatic rings. The van der Waals surface area contributed by atoms with Gasteiger partial charge in [0.25, 0.3) is 0 Å². The van der Waals surface area contributed by atoms with Crippen molar-refractivity contribution in [1.82, 2.24) is 19.4 Å². The molecular formula is C23H29FN4O4. The first-order chi connectivity index (χ1) is 15.1. The van der Waals surface area contributed by atoms with Crippen molar-refractivity contribution in [2.24, 2.45) is 0 Å². The number of esters is 1. The summed E-state index contributed by atoms with van der Waals surface area (Å²) in [5, 5.41) is 0. The molecule has 1 aromatic heterocycles. The van der Waals surface area contributed by atoms with E-state index in [-0.39, 0.29) is 36.6 Å². The standard InChI is InChI=1S/C23H29FN4O4/c1-15(16-5-7-17(24)8-6-16)28-14-25-11-19(28)20-21(29)31-13-18-12-26(9-10-27(18)20)22(30)32-23(2,3)4/h5-8,11,14-15,18,20H,9-10,12-13H2,1-4H3/t15-,18?,20?/m1/s1. The Balaban J connectivity index is 1.55. The van der Waals surface area contributed by atoms with Crippen LogP contribution in [0.5, 0.6) is 0 Å². The van der Waals surface area contributed by atoms with E-state index in [1.807, 2.05) is 32.3 Å². The Morgan fingerprint density at radius 3 is 2.66 bits per heavy atom. The lowest BCUT2D eigenvalue weighted by Crippen LogP contribution is -2.61. The molecule has 4 rings (SSSR count). The summed E-state index contributed by atoms with van der Waals surface area (Å²) in [5.41, 5.74) is 1.04. The van der Waals surface area contributed by atoms with Crippen molar-refractivity contribution in [3.8, 4) is 0 Å². The number of morpholine rings is 1. The number of fused-ring (bicyclic) bond motifs is 1. The van der Waals surface area contributed by atoms with E-state index in [2.05, 4.69) is 9.88 Å². The molecule has 32 heavy (non-hydrogen) atoms. The van der Waals surface area contributed by atoms with Crippen LogP contribution in [0.3, 0.4) is 0 Å². The largest absolute Gasteiger partial charge is 0.462 e. The topological polar surface area (TPSA) is 76.9 Å². The van der Waals surface area contributed by atoms with Gasteiger partial charge in [0, 0.05) is 19.6 Å². The summed E-state index contributed by atoms with van der Waals surface area (Å²) < 4.78 is 26.3. The molecule has 172 valence electrons. The van der Waals surface area contributed by atoms with Gasteiger partial charge < -0.3 is 18.9 Å². The van der Waals surface area contributed by atoms with E-state index in [4.69, 9.17) is 9.47 Å². The van der Waals surface area contributed by atoms with E-state index in [0.29, 0.717) is 25.3 Å². The fraction of sp³-hybridized carbons (Fsp3) is 0.522. The quantitative estimate of drug-likeness (QED) is 0.677. The molecule has 0 saturated carbocycles. The lowest BCUT2D eigenvalue weighted by molar-refractivity contribution is -0.167. The first-order valence-corrected chi connectivity index (χ1v) is 10.8. The van der Waals surface area contributed by atoms with Crippen LogP contribution in [-0.4, -0.2) is 69.3 Å². The molecule has 9 heteroatoms. The second kappa shape index (κ2) is 8.54. The number of cyclic esters (lactones) is 1. The predicted molar refractivity (Wildman–Crippen MR) is 114 cm³/mol. The van der Waals surface area contributed by atoms with Crippen LogP contribution in [0, 0.1) is 5.82 Å². The van der Waals surface area contributed by atoms with Crippen LogP contribution in [0.1, 0.15) is 51.0 Å². The second-order valence-corrected chi connectivity index (χ2v) is 9.30. The Bertz CT molecular complexity index is 985. The highest BCUT2D eigenvalue weighted by Gasteiger charge is 2.44. The first-order valence-electron chi connectivity index (χ1n) is 10.8. The van der Waals surface area contributed by atoms with E-state index in [1.165, 1.54) is 12.1 Å². The highest BCUT2D eigenvalue weighted by molar-refractivity contribution is 5.78. The summed E-state index contributed by atoms with van der Waals surface area (Å²) >= 11 is 0. The van der Waals surface area contributed by atoms with E-state index in [1.54, 1.807) is 29.6 Å². The predicted octanol–water partition coefficient (Wildman–Crippen LogP) is 3.15. The molecule has 2 aliphatic heterocycles. The molecule has 0 radical (unpaired) electrons. The average molecular weight is 445 g/mol. The lowest BCUT2D eigenvalue weighted by Gasteiger charge is -2.46.